The number of para-hydroxylation sites is 2. The number of nitrogens with one attached hydrogen (secondary N) is 1. The highest BCUT2D eigenvalue weighted by Crippen LogP contribution is 2.32. The third-order valence-electron chi connectivity index (χ3n) is 8.07. The molecule has 12 nitrogen and oxygen atoms in total. The van der Waals surface area contributed by atoms with Gasteiger partial charge < -0.3 is 29.3 Å². The lowest BCUT2D eigenvalue weighted by Crippen LogP contribution is -2.46. The molecule has 2 saturated heterocycles. The number of carbonyl (C=O) groups is 2. The fourth-order valence-corrected chi connectivity index (χ4v) is 5.96. The molecule has 1 N–H and O–H groups in total. The Morgan fingerprint density at radius 2 is 1.81 bits per heavy atom. The number of morpholine rings is 1. The van der Waals surface area contributed by atoms with Gasteiger partial charge in [0.2, 0.25) is 17.7 Å². The second-order valence-corrected chi connectivity index (χ2v) is 10.6. The molecule has 224 valence electrons. The number of aromatic nitrogens is 4. The Labute approximate surface area is 240 Å². The van der Waals surface area contributed by atoms with Gasteiger partial charge in [-0.1, -0.05) is 12.1 Å². The minimum Gasteiger partial charge on any atom is -0.474 e. The molecule has 42 heavy (non-hydrogen) atoms. The Kier molecular flexibility index (Phi) is 8.05. The number of carbonyl (C=O) groups excluding carboxylic acids is 2. The minimum atomic E-state index is -2.81. The Morgan fingerprint density at radius 3 is 2.55 bits per heavy atom. The number of alkyl carbamates (subject to hydrolysis) is 1. The van der Waals surface area contributed by atoms with Gasteiger partial charge in [0, 0.05) is 31.7 Å². The number of alkyl halides is 2. The Hall–Kier alpha value is -4.07. The van der Waals surface area contributed by atoms with Crippen LogP contribution in [-0.2, 0) is 14.3 Å². The Morgan fingerprint density at radius 1 is 1.05 bits per heavy atom. The predicted molar refractivity (Wildman–Crippen MR) is 147 cm³/mol. The molecule has 2 aliphatic heterocycles. The Bertz CT molecular complexity index is 1440. The number of hydrogen-bond donors (Lipinski definition) is 1. The summed E-state index contributed by atoms with van der Waals surface area (Å²) < 4.78 is 46.1. The number of imidazole rings is 1. The zero-order valence-corrected chi connectivity index (χ0v) is 23.2. The number of nitrogens with zero attached hydrogens (tertiary/aromatic N) is 6. The summed E-state index contributed by atoms with van der Waals surface area (Å²) in [5, 5.41) is 2.60. The van der Waals surface area contributed by atoms with Crippen molar-refractivity contribution < 1.29 is 32.6 Å². The van der Waals surface area contributed by atoms with Crippen LogP contribution in [0.1, 0.15) is 44.4 Å². The van der Waals surface area contributed by atoms with Gasteiger partial charge in [-0.05, 0) is 44.2 Å². The molecule has 3 fully saturated rings. The smallest absolute Gasteiger partial charge is 0.407 e. The first kappa shape index (κ1) is 28.1. The lowest BCUT2D eigenvalue weighted by atomic mass is 9.92. The number of amides is 2. The summed E-state index contributed by atoms with van der Waals surface area (Å²) in [4.78, 5) is 41.7. The van der Waals surface area contributed by atoms with Gasteiger partial charge in [0.05, 0.1) is 31.4 Å². The van der Waals surface area contributed by atoms with Gasteiger partial charge in [-0.3, -0.25) is 9.36 Å². The highest BCUT2D eigenvalue weighted by molar-refractivity contribution is 5.87. The molecule has 0 radical (unpaired) electrons. The maximum Gasteiger partial charge on any atom is 0.407 e. The maximum atomic E-state index is 14.1. The van der Waals surface area contributed by atoms with Crippen molar-refractivity contribution in [2.75, 3.05) is 44.9 Å². The van der Waals surface area contributed by atoms with E-state index in [0.29, 0.717) is 75.0 Å². The van der Waals surface area contributed by atoms with E-state index in [1.54, 1.807) is 30.3 Å². The number of methoxy groups -OCH3 is 1. The number of ether oxygens (including phenoxy) is 3. The van der Waals surface area contributed by atoms with Crippen molar-refractivity contribution in [3.63, 3.8) is 0 Å². The molecule has 0 bridgehead atoms. The van der Waals surface area contributed by atoms with Crippen LogP contribution in [0.25, 0.3) is 16.9 Å². The molecule has 4 heterocycles. The molecule has 0 spiro atoms. The number of anilines is 1. The van der Waals surface area contributed by atoms with E-state index in [1.165, 1.54) is 11.7 Å². The number of benzene rings is 1. The summed E-state index contributed by atoms with van der Waals surface area (Å²) in [5.74, 6) is 0.435. The van der Waals surface area contributed by atoms with Gasteiger partial charge in [-0.2, -0.15) is 9.97 Å². The molecule has 14 heteroatoms. The van der Waals surface area contributed by atoms with Crippen molar-refractivity contribution in [2.24, 2.45) is 0 Å². The van der Waals surface area contributed by atoms with Gasteiger partial charge in [0.15, 0.2) is 5.82 Å². The van der Waals surface area contributed by atoms with Gasteiger partial charge in [-0.25, -0.2) is 18.6 Å². The maximum absolute atomic E-state index is 14.1. The molecule has 2 amide bonds. The van der Waals surface area contributed by atoms with Gasteiger partial charge in [0.25, 0.3) is 6.43 Å². The van der Waals surface area contributed by atoms with Crippen LogP contribution >= 0.6 is 0 Å². The molecular formula is C28H33F2N7O5. The SMILES string of the molecule is COC(=O)N[C@H]1CCN([C@H]2CC[C@H](Oc3cc(-n4c(C(F)F)nc5ccccc54)nc(N4CCOCC4)n3)CC2)C1=O. The van der Waals surface area contributed by atoms with E-state index < -0.39 is 24.4 Å². The monoisotopic (exact) mass is 585 g/mol. The second-order valence-electron chi connectivity index (χ2n) is 10.6. The lowest BCUT2D eigenvalue weighted by Gasteiger charge is -2.34. The molecular weight excluding hydrogens is 552 g/mol. The lowest BCUT2D eigenvalue weighted by molar-refractivity contribution is -0.132. The van der Waals surface area contributed by atoms with Crippen molar-refractivity contribution in [3.05, 3.63) is 36.2 Å². The zero-order valence-electron chi connectivity index (χ0n) is 23.2. The van der Waals surface area contributed by atoms with Crippen molar-refractivity contribution in [1.82, 2.24) is 29.7 Å². The average Bonchev–Trinajstić information content (AvgIpc) is 3.58. The van der Waals surface area contributed by atoms with Crippen LogP contribution in [0.3, 0.4) is 0 Å². The summed E-state index contributed by atoms with van der Waals surface area (Å²) in [6.45, 7) is 2.73. The van der Waals surface area contributed by atoms with E-state index >= 15 is 0 Å². The van der Waals surface area contributed by atoms with Crippen LogP contribution in [-0.4, -0.2) is 94.6 Å². The molecule has 3 aromatic rings. The van der Waals surface area contributed by atoms with E-state index in [0.717, 1.165) is 12.8 Å². The largest absolute Gasteiger partial charge is 0.474 e. The molecule has 1 aromatic carbocycles. The highest BCUT2D eigenvalue weighted by atomic mass is 19.3. The van der Waals surface area contributed by atoms with Crippen LogP contribution < -0.4 is 15.0 Å². The molecule has 3 aliphatic rings. The Balaban J connectivity index is 1.22. The van der Waals surface area contributed by atoms with E-state index in [4.69, 9.17) is 9.47 Å². The zero-order chi connectivity index (χ0) is 29.2. The predicted octanol–water partition coefficient (Wildman–Crippen LogP) is 3.24. The van der Waals surface area contributed by atoms with E-state index in [-0.39, 0.29) is 23.9 Å². The molecule has 6 rings (SSSR count). The second kappa shape index (κ2) is 12.0. The normalized spacial score (nSPS) is 23.0. The van der Waals surface area contributed by atoms with Gasteiger partial charge in [-0.15, -0.1) is 0 Å². The van der Waals surface area contributed by atoms with Crippen LogP contribution in [0.2, 0.25) is 0 Å². The van der Waals surface area contributed by atoms with E-state index in [2.05, 4.69) is 25.0 Å². The fraction of sp³-hybridized carbons (Fsp3) is 0.536. The van der Waals surface area contributed by atoms with Crippen molar-refractivity contribution in [3.8, 4) is 11.7 Å². The molecule has 1 aliphatic carbocycles. The quantitative estimate of drug-likeness (QED) is 0.445. The van der Waals surface area contributed by atoms with Crippen LogP contribution in [0.15, 0.2) is 30.3 Å². The summed E-state index contributed by atoms with van der Waals surface area (Å²) in [6.07, 6.45) is -0.210. The first-order valence-corrected chi connectivity index (χ1v) is 14.2. The topological polar surface area (TPSA) is 124 Å². The number of hydrogen-bond acceptors (Lipinski definition) is 9. The molecule has 1 atom stereocenters. The minimum absolute atomic E-state index is 0.0533. The highest BCUT2D eigenvalue weighted by Gasteiger charge is 2.38. The number of rotatable bonds is 7. The van der Waals surface area contributed by atoms with Gasteiger partial charge >= 0.3 is 6.09 Å². The summed E-state index contributed by atoms with van der Waals surface area (Å²) in [6, 6.07) is 8.02. The third kappa shape index (κ3) is 5.67. The van der Waals surface area contributed by atoms with E-state index in [9.17, 15) is 18.4 Å². The van der Waals surface area contributed by atoms with Crippen LogP contribution in [0.5, 0.6) is 5.88 Å². The molecule has 1 saturated carbocycles. The average molecular weight is 586 g/mol. The standard InChI is InChI=1S/C28H33F2N7O5/c1-40-28(39)32-20-10-11-36(26(20)38)17-6-8-18(9-7-17)42-23-16-22(33-27(34-23)35-12-14-41-15-13-35)37-21-5-3-2-4-19(21)31-25(37)24(29)30/h2-5,16-18,20,24H,6-15H2,1H3,(H,32,39)/t17-,18-,20-/m0/s1. The molecule has 0 unspecified atom stereocenters. The molecule has 2 aromatic heterocycles. The van der Waals surface area contributed by atoms with Gasteiger partial charge in [0.1, 0.15) is 18.0 Å². The fourth-order valence-electron chi connectivity index (χ4n) is 5.96. The van der Waals surface area contributed by atoms with Crippen LogP contribution in [0.4, 0.5) is 19.5 Å². The first-order valence-electron chi connectivity index (χ1n) is 14.2. The number of halogens is 2. The number of fused-ring (bicyclic) bond motifs is 1. The van der Waals surface area contributed by atoms with E-state index in [1.807, 2.05) is 9.80 Å². The first-order chi connectivity index (χ1) is 20.4. The summed E-state index contributed by atoms with van der Waals surface area (Å²) >= 11 is 0. The van der Waals surface area contributed by atoms with Crippen molar-refractivity contribution in [1.29, 1.82) is 0 Å². The van der Waals surface area contributed by atoms with Crippen molar-refractivity contribution in [2.45, 2.75) is 56.7 Å². The van der Waals surface area contributed by atoms with Crippen LogP contribution in [0, 0.1) is 0 Å². The third-order valence-corrected chi connectivity index (χ3v) is 8.07. The number of likely N-dealkylation sites (tertiary alicyclic amines) is 1. The summed E-state index contributed by atoms with van der Waals surface area (Å²) in [7, 11) is 1.27. The summed E-state index contributed by atoms with van der Waals surface area (Å²) in [5.41, 5.74) is 0.960. The van der Waals surface area contributed by atoms with Crippen molar-refractivity contribution >= 4 is 29.0 Å².